The number of amides is 2. The summed E-state index contributed by atoms with van der Waals surface area (Å²) >= 11 is 0. The van der Waals surface area contributed by atoms with Gasteiger partial charge in [0.05, 0.1) is 18.3 Å². The quantitative estimate of drug-likeness (QED) is 0.864. The van der Waals surface area contributed by atoms with Crippen LogP contribution in [0.25, 0.3) is 0 Å². The van der Waals surface area contributed by atoms with Crippen LogP contribution in [0.1, 0.15) is 57.0 Å². The van der Waals surface area contributed by atoms with Gasteiger partial charge in [-0.25, -0.2) is 4.79 Å². The maximum Gasteiger partial charge on any atom is 0.322 e. The molecule has 2 aromatic rings. The van der Waals surface area contributed by atoms with Crippen molar-refractivity contribution in [2.24, 2.45) is 0 Å². The van der Waals surface area contributed by atoms with Gasteiger partial charge in [-0.05, 0) is 31.9 Å². The lowest BCUT2D eigenvalue weighted by molar-refractivity contribution is 0.204. The number of carbonyl (C=O) groups excluding carboxylic acids is 1. The van der Waals surface area contributed by atoms with Gasteiger partial charge < -0.3 is 19.5 Å². The average Bonchev–Trinajstić information content (AvgIpc) is 3.25. The van der Waals surface area contributed by atoms with Gasteiger partial charge >= 0.3 is 6.03 Å². The summed E-state index contributed by atoms with van der Waals surface area (Å²) in [5.41, 5.74) is 1.51. The molecule has 2 heterocycles. The Labute approximate surface area is 148 Å². The van der Waals surface area contributed by atoms with Gasteiger partial charge in [-0.3, -0.25) is 0 Å². The van der Waals surface area contributed by atoms with Gasteiger partial charge in [-0.1, -0.05) is 31.1 Å². The minimum absolute atomic E-state index is 0.0458. The molecule has 1 aromatic heterocycles. The van der Waals surface area contributed by atoms with Crippen molar-refractivity contribution in [2.75, 3.05) is 18.5 Å². The van der Waals surface area contributed by atoms with Crippen LogP contribution in [0, 0.1) is 0 Å². The Morgan fingerprint density at radius 1 is 1.44 bits per heavy atom. The molecule has 6 nitrogen and oxygen atoms in total. The molecule has 0 aliphatic carbocycles. The number of likely N-dealkylation sites (tertiary alicyclic amines) is 1. The second-order valence-electron chi connectivity index (χ2n) is 6.52. The van der Waals surface area contributed by atoms with Crippen LogP contribution < -0.4 is 10.1 Å². The van der Waals surface area contributed by atoms with Crippen molar-refractivity contribution in [3.63, 3.8) is 0 Å². The third kappa shape index (κ3) is 3.78. The van der Waals surface area contributed by atoms with Crippen LogP contribution in [-0.4, -0.2) is 29.2 Å². The summed E-state index contributed by atoms with van der Waals surface area (Å²) in [7, 11) is 0. The van der Waals surface area contributed by atoms with Crippen molar-refractivity contribution >= 4 is 11.7 Å². The largest absolute Gasteiger partial charge is 0.492 e. The van der Waals surface area contributed by atoms with Crippen molar-refractivity contribution < 1.29 is 14.1 Å². The van der Waals surface area contributed by atoms with Crippen LogP contribution in [0.3, 0.4) is 0 Å². The van der Waals surface area contributed by atoms with Crippen LogP contribution in [-0.2, 0) is 0 Å². The van der Waals surface area contributed by atoms with E-state index in [1.165, 1.54) is 0 Å². The highest BCUT2D eigenvalue weighted by Crippen LogP contribution is 2.34. The summed E-state index contributed by atoms with van der Waals surface area (Å²) in [6.07, 6.45) is 1.85. The van der Waals surface area contributed by atoms with E-state index in [1.54, 1.807) is 0 Å². The van der Waals surface area contributed by atoms with E-state index in [1.807, 2.05) is 42.2 Å². The third-order valence-electron chi connectivity index (χ3n) is 4.40. The molecule has 1 atom stereocenters. The lowest BCUT2D eigenvalue weighted by Crippen LogP contribution is -2.34. The number of ether oxygens (including phenoxy) is 1. The topological polar surface area (TPSA) is 67.6 Å². The normalized spacial score (nSPS) is 17.1. The summed E-state index contributed by atoms with van der Waals surface area (Å²) in [5, 5.41) is 7.15. The number of anilines is 1. The van der Waals surface area contributed by atoms with Gasteiger partial charge in [0.1, 0.15) is 17.2 Å². The summed E-state index contributed by atoms with van der Waals surface area (Å²) in [6.45, 7) is 7.31. The highest BCUT2D eigenvalue weighted by molar-refractivity contribution is 5.91. The van der Waals surface area contributed by atoms with E-state index in [2.05, 4.69) is 24.3 Å². The van der Waals surface area contributed by atoms with E-state index in [9.17, 15) is 4.79 Å². The van der Waals surface area contributed by atoms with Crippen LogP contribution in [0.5, 0.6) is 5.75 Å². The number of urea groups is 1. The second kappa shape index (κ2) is 7.59. The summed E-state index contributed by atoms with van der Waals surface area (Å²) in [4.78, 5) is 14.6. The molecule has 134 valence electrons. The summed E-state index contributed by atoms with van der Waals surface area (Å²) in [6, 6.07) is 9.26. The Balaban J connectivity index is 1.74. The Bertz CT molecular complexity index is 726. The molecule has 1 aromatic carbocycles. The predicted molar refractivity (Wildman–Crippen MR) is 95.9 cm³/mol. The molecule has 0 unspecified atom stereocenters. The minimum Gasteiger partial charge on any atom is -0.492 e. The molecule has 1 fully saturated rings. The van der Waals surface area contributed by atoms with Crippen molar-refractivity contribution in [3.05, 3.63) is 41.8 Å². The highest BCUT2D eigenvalue weighted by Gasteiger charge is 2.32. The molecule has 0 saturated carbocycles. The predicted octanol–water partition coefficient (Wildman–Crippen LogP) is 4.57. The number of benzene rings is 1. The Kier molecular flexibility index (Phi) is 5.26. The molecule has 3 rings (SSSR count). The zero-order chi connectivity index (χ0) is 17.8. The molecule has 1 aliphatic rings. The van der Waals surface area contributed by atoms with E-state index in [0.29, 0.717) is 24.6 Å². The van der Waals surface area contributed by atoms with Gasteiger partial charge in [0.2, 0.25) is 0 Å². The molecule has 1 N–H and O–H groups in total. The molecule has 0 spiro atoms. The van der Waals surface area contributed by atoms with Gasteiger partial charge in [0.25, 0.3) is 0 Å². The number of hydrogen-bond donors (Lipinski definition) is 1. The minimum atomic E-state index is -0.135. The fourth-order valence-corrected chi connectivity index (χ4v) is 3.09. The zero-order valence-electron chi connectivity index (χ0n) is 15.0. The summed E-state index contributed by atoms with van der Waals surface area (Å²) < 4.78 is 11.0. The molecule has 0 bridgehead atoms. The van der Waals surface area contributed by atoms with Crippen molar-refractivity contribution in [2.45, 2.75) is 45.6 Å². The monoisotopic (exact) mass is 343 g/mol. The van der Waals surface area contributed by atoms with E-state index in [0.717, 1.165) is 24.3 Å². The van der Waals surface area contributed by atoms with E-state index >= 15 is 0 Å². The van der Waals surface area contributed by atoms with Crippen LogP contribution >= 0.6 is 0 Å². The molecule has 0 radical (unpaired) electrons. The molecule has 6 heteroatoms. The smallest absolute Gasteiger partial charge is 0.322 e. The number of carbonyl (C=O) groups is 1. The molecular formula is C19H25N3O3. The first-order valence-electron chi connectivity index (χ1n) is 8.86. The summed E-state index contributed by atoms with van der Waals surface area (Å²) in [5.74, 6) is 1.81. The molecule has 1 aliphatic heterocycles. The molecular weight excluding hydrogens is 318 g/mol. The van der Waals surface area contributed by atoms with E-state index in [-0.39, 0.29) is 18.0 Å². The van der Waals surface area contributed by atoms with Gasteiger partial charge in [-0.15, -0.1) is 0 Å². The number of nitrogens with one attached hydrogen (secondary N) is 1. The van der Waals surface area contributed by atoms with E-state index < -0.39 is 0 Å². The lowest BCUT2D eigenvalue weighted by Gasteiger charge is -2.24. The molecule has 1 saturated heterocycles. The first-order valence-corrected chi connectivity index (χ1v) is 8.86. The number of rotatable bonds is 5. The Morgan fingerprint density at radius 2 is 2.24 bits per heavy atom. The number of aromatic nitrogens is 1. The maximum absolute atomic E-state index is 12.8. The Morgan fingerprint density at radius 3 is 2.96 bits per heavy atom. The van der Waals surface area contributed by atoms with Crippen molar-refractivity contribution in [1.29, 1.82) is 0 Å². The van der Waals surface area contributed by atoms with Crippen molar-refractivity contribution in [1.82, 2.24) is 10.1 Å². The van der Waals surface area contributed by atoms with Crippen LogP contribution in [0.15, 0.2) is 34.9 Å². The fourth-order valence-electron chi connectivity index (χ4n) is 3.09. The van der Waals surface area contributed by atoms with E-state index in [4.69, 9.17) is 9.26 Å². The zero-order valence-corrected chi connectivity index (χ0v) is 15.0. The standard InChI is InChI=1S/C19H25N3O3/c1-4-24-17-10-6-5-8-14(17)20-19(23)22-11-7-9-16(22)15-12-18(13(2)3)25-21-15/h5-6,8,10,12-13,16H,4,7,9,11H2,1-3H3,(H,20,23)/t16-/m1/s1. The number of hydrogen-bond acceptors (Lipinski definition) is 4. The Hall–Kier alpha value is -2.50. The van der Waals surface area contributed by atoms with Crippen LogP contribution in [0.4, 0.5) is 10.5 Å². The highest BCUT2D eigenvalue weighted by atomic mass is 16.5. The first kappa shape index (κ1) is 17.3. The lowest BCUT2D eigenvalue weighted by atomic mass is 10.1. The molecule has 25 heavy (non-hydrogen) atoms. The van der Waals surface area contributed by atoms with Crippen molar-refractivity contribution in [3.8, 4) is 5.75 Å². The van der Waals surface area contributed by atoms with Gasteiger partial charge in [0, 0.05) is 18.5 Å². The van der Waals surface area contributed by atoms with Gasteiger partial charge in [-0.2, -0.15) is 0 Å². The fraction of sp³-hybridized carbons (Fsp3) is 0.474. The number of para-hydroxylation sites is 2. The average molecular weight is 343 g/mol. The SMILES string of the molecule is CCOc1ccccc1NC(=O)N1CCC[C@@H]1c1cc(C(C)C)on1. The number of nitrogens with zero attached hydrogens (tertiary/aromatic N) is 2. The third-order valence-corrected chi connectivity index (χ3v) is 4.40. The maximum atomic E-state index is 12.8. The van der Waals surface area contributed by atoms with Gasteiger partial charge in [0.15, 0.2) is 0 Å². The van der Waals surface area contributed by atoms with Crippen LogP contribution in [0.2, 0.25) is 0 Å². The first-order chi connectivity index (χ1) is 12.1. The second-order valence-corrected chi connectivity index (χ2v) is 6.52. The molecule has 2 amide bonds.